The molecule has 14 heavy (non-hydrogen) atoms. The number of nitrogens with one attached hydrogen (secondary N) is 1. The molecular weight excluding hydrogens is 170 g/mol. The summed E-state index contributed by atoms with van der Waals surface area (Å²) in [5.41, 5.74) is 2.89. The maximum atomic E-state index is 3.34. The van der Waals surface area contributed by atoms with E-state index in [1.165, 1.54) is 24.0 Å². The van der Waals surface area contributed by atoms with Crippen LogP contribution >= 0.6 is 0 Å². The van der Waals surface area contributed by atoms with Crippen LogP contribution < -0.4 is 5.32 Å². The first-order valence-electron chi connectivity index (χ1n) is 5.65. The first-order chi connectivity index (χ1) is 6.86. The molecule has 1 aromatic rings. The quantitative estimate of drug-likeness (QED) is 0.682. The number of rotatable bonds is 6. The molecule has 0 aliphatic heterocycles. The van der Waals surface area contributed by atoms with Gasteiger partial charge in [-0.15, -0.1) is 0 Å². The van der Waals surface area contributed by atoms with Gasteiger partial charge in [0.2, 0.25) is 0 Å². The van der Waals surface area contributed by atoms with Crippen molar-refractivity contribution in [3.05, 3.63) is 35.4 Å². The van der Waals surface area contributed by atoms with Gasteiger partial charge in [0.05, 0.1) is 0 Å². The van der Waals surface area contributed by atoms with E-state index in [1.54, 1.807) is 0 Å². The maximum Gasteiger partial charge on any atom is -0.00459 e. The minimum absolute atomic E-state index is 1.08. The second-order valence-corrected chi connectivity index (χ2v) is 3.63. The summed E-state index contributed by atoms with van der Waals surface area (Å²) >= 11 is 0. The molecule has 0 fully saturated rings. The van der Waals surface area contributed by atoms with E-state index in [4.69, 9.17) is 0 Å². The van der Waals surface area contributed by atoms with Gasteiger partial charge in [-0.1, -0.05) is 38.1 Å². The van der Waals surface area contributed by atoms with Crippen LogP contribution in [0.15, 0.2) is 24.3 Å². The van der Waals surface area contributed by atoms with Crippen LogP contribution in [0, 0.1) is 0 Å². The molecule has 1 N–H and O–H groups in total. The smallest absolute Gasteiger partial charge is 0.00459 e. The highest BCUT2D eigenvalue weighted by Gasteiger charge is 1.93. The predicted molar refractivity (Wildman–Crippen MR) is 62.7 cm³/mol. The zero-order chi connectivity index (χ0) is 10.2. The summed E-state index contributed by atoms with van der Waals surface area (Å²) in [7, 11) is 0. The Morgan fingerprint density at radius 2 is 1.64 bits per heavy atom. The molecule has 78 valence electrons. The lowest BCUT2D eigenvalue weighted by molar-refractivity contribution is 0.672. The molecule has 1 heteroatoms. The van der Waals surface area contributed by atoms with E-state index in [9.17, 15) is 0 Å². The highest BCUT2D eigenvalue weighted by atomic mass is 14.8. The largest absolute Gasteiger partial charge is 0.317 e. The van der Waals surface area contributed by atoms with E-state index >= 15 is 0 Å². The third kappa shape index (κ3) is 3.93. The molecular formula is C13H21N. The van der Waals surface area contributed by atoms with Crippen LogP contribution in [-0.4, -0.2) is 13.1 Å². The molecule has 1 aromatic carbocycles. The maximum absolute atomic E-state index is 3.34. The normalized spacial score (nSPS) is 10.4. The summed E-state index contributed by atoms with van der Waals surface area (Å²) in [6.07, 6.45) is 3.56. The molecule has 0 amide bonds. The molecule has 0 spiro atoms. The van der Waals surface area contributed by atoms with Gasteiger partial charge in [0.25, 0.3) is 0 Å². The van der Waals surface area contributed by atoms with Gasteiger partial charge >= 0.3 is 0 Å². The standard InChI is InChI=1S/C13H21N/c1-3-12-7-9-13(10-8-12)6-5-11-14-4-2/h7-10,14H,3-6,11H2,1-2H3. The summed E-state index contributed by atoms with van der Waals surface area (Å²) in [6.45, 7) is 6.55. The average Bonchev–Trinajstić information content (AvgIpc) is 2.25. The zero-order valence-corrected chi connectivity index (χ0v) is 9.34. The van der Waals surface area contributed by atoms with Crippen LogP contribution in [0.5, 0.6) is 0 Å². The minimum Gasteiger partial charge on any atom is -0.317 e. The van der Waals surface area contributed by atoms with E-state index in [0.717, 1.165) is 19.5 Å². The third-order valence-electron chi connectivity index (χ3n) is 2.50. The van der Waals surface area contributed by atoms with Crippen molar-refractivity contribution in [2.75, 3.05) is 13.1 Å². The van der Waals surface area contributed by atoms with Gasteiger partial charge in [-0.05, 0) is 43.5 Å². The fourth-order valence-corrected chi connectivity index (χ4v) is 1.54. The Balaban J connectivity index is 2.29. The Hall–Kier alpha value is -0.820. The van der Waals surface area contributed by atoms with E-state index in [2.05, 4.69) is 43.4 Å². The lowest BCUT2D eigenvalue weighted by Crippen LogP contribution is -2.14. The molecule has 0 saturated carbocycles. The molecule has 1 rings (SSSR count). The first kappa shape index (κ1) is 11.3. The summed E-state index contributed by atoms with van der Waals surface area (Å²) in [4.78, 5) is 0. The molecule has 0 radical (unpaired) electrons. The van der Waals surface area contributed by atoms with Crippen LogP contribution in [0.4, 0.5) is 0 Å². The lowest BCUT2D eigenvalue weighted by atomic mass is 10.1. The number of aryl methyl sites for hydroxylation is 2. The number of hydrogen-bond donors (Lipinski definition) is 1. The molecule has 1 nitrogen and oxygen atoms in total. The van der Waals surface area contributed by atoms with Crippen LogP contribution in [0.2, 0.25) is 0 Å². The topological polar surface area (TPSA) is 12.0 Å². The van der Waals surface area contributed by atoms with Crippen molar-refractivity contribution in [1.29, 1.82) is 0 Å². The summed E-state index contributed by atoms with van der Waals surface area (Å²) in [6, 6.07) is 8.99. The van der Waals surface area contributed by atoms with Gasteiger partial charge in [-0.2, -0.15) is 0 Å². The second kappa shape index (κ2) is 6.61. The van der Waals surface area contributed by atoms with Crippen molar-refractivity contribution in [2.45, 2.75) is 33.1 Å². The van der Waals surface area contributed by atoms with Crippen molar-refractivity contribution in [1.82, 2.24) is 5.32 Å². The Kier molecular flexibility index (Phi) is 5.31. The molecule has 0 heterocycles. The van der Waals surface area contributed by atoms with Gasteiger partial charge in [0, 0.05) is 0 Å². The number of benzene rings is 1. The van der Waals surface area contributed by atoms with E-state index in [0.29, 0.717) is 0 Å². The highest BCUT2D eigenvalue weighted by Crippen LogP contribution is 2.06. The van der Waals surface area contributed by atoms with Crippen molar-refractivity contribution in [3.8, 4) is 0 Å². The summed E-state index contributed by atoms with van der Waals surface area (Å²) in [5.74, 6) is 0. The minimum atomic E-state index is 1.08. The SMILES string of the molecule is CCNCCCc1ccc(CC)cc1. The highest BCUT2D eigenvalue weighted by molar-refractivity contribution is 5.22. The van der Waals surface area contributed by atoms with Gasteiger partial charge in [0.1, 0.15) is 0 Å². The fourth-order valence-electron chi connectivity index (χ4n) is 1.54. The Bertz CT molecular complexity index is 238. The molecule has 0 unspecified atom stereocenters. The predicted octanol–water partition coefficient (Wildman–Crippen LogP) is 2.79. The summed E-state index contributed by atoms with van der Waals surface area (Å²) < 4.78 is 0. The van der Waals surface area contributed by atoms with Crippen molar-refractivity contribution >= 4 is 0 Å². The Labute approximate surface area is 87.5 Å². The molecule has 0 saturated heterocycles. The zero-order valence-electron chi connectivity index (χ0n) is 9.34. The number of hydrogen-bond acceptors (Lipinski definition) is 1. The lowest BCUT2D eigenvalue weighted by Gasteiger charge is -2.03. The van der Waals surface area contributed by atoms with Crippen molar-refractivity contribution in [2.24, 2.45) is 0 Å². The van der Waals surface area contributed by atoms with Crippen LogP contribution in [0.3, 0.4) is 0 Å². The first-order valence-corrected chi connectivity index (χ1v) is 5.65. The monoisotopic (exact) mass is 191 g/mol. The van der Waals surface area contributed by atoms with E-state index in [1.807, 2.05) is 0 Å². The van der Waals surface area contributed by atoms with Gasteiger partial charge in [-0.3, -0.25) is 0 Å². The second-order valence-electron chi connectivity index (χ2n) is 3.63. The Morgan fingerprint density at radius 3 is 2.21 bits per heavy atom. The van der Waals surface area contributed by atoms with Crippen molar-refractivity contribution in [3.63, 3.8) is 0 Å². The third-order valence-corrected chi connectivity index (χ3v) is 2.50. The van der Waals surface area contributed by atoms with Crippen LogP contribution in [0.1, 0.15) is 31.4 Å². The van der Waals surface area contributed by atoms with Gasteiger partial charge in [-0.25, -0.2) is 0 Å². The average molecular weight is 191 g/mol. The molecule has 0 bridgehead atoms. The van der Waals surface area contributed by atoms with E-state index in [-0.39, 0.29) is 0 Å². The van der Waals surface area contributed by atoms with E-state index < -0.39 is 0 Å². The molecule has 0 aliphatic rings. The molecule has 0 aliphatic carbocycles. The van der Waals surface area contributed by atoms with Crippen LogP contribution in [0.25, 0.3) is 0 Å². The molecule has 0 atom stereocenters. The molecule has 0 aromatic heterocycles. The Morgan fingerprint density at radius 1 is 1.00 bits per heavy atom. The van der Waals surface area contributed by atoms with Gasteiger partial charge in [0.15, 0.2) is 0 Å². The van der Waals surface area contributed by atoms with Crippen LogP contribution in [-0.2, 0) is 12.8 Å². The van der Waals surface area contributed by atoms with Gasteiger partial charge < -0.3 is 5.32 Å². The fraction of sp³-hybridized carbons (Fsp3) is 0.538. The van der Waals surface area contributed by atoms with Crippen molar-refractivity contribution < 1.29 is 0 Å². The summed E-state index contributed by atoms with van der Waals surface area (Å²) in [5, 5.41) is 3.34.